The predicted molar refractivity (Wildman–Crippen MR) is 78.5 cm³/mol. The third-order valence-electron chi connectivity index (χ3n) is 2.64. The monoisotopic (exact) mass is 359 g/mol. The summed E-state index contributed by atoms with van der Waals surface area (Å²) in [4.78, 5) is 16.1. The maximum absolute atomic E-state index is 11.0. The van der Waals surface area contributed by atoms with Crippen molar-refractivity contribution in [1.29, 1.82) is 0 Å². The van der Waals surface area contributed by atoms with Gasteiger partial charge in [-0.2, -0.15) is 4.98 Å². The number of carbonyl (C=O) groups is 1. The molecular weight excluding hydrogens is 346 g/mol. The number of rotatable bonds is 7. The van der Waals surface area contributed by atoms with Crippen molar-refractivity contribution in [2.75, 3.05) is 0 Å². The first-order chi connectivity index (χ1) is 9.60. The normalized spacial score (nSPS) is 12.5. The number of aliphatic carboxylic acids is 1. The molecule has 20 heavy (non-hydrogen) atoms. The summed E-state index contributed by atoms with van der Waals surface area (Å²) in [6.07, 6.45) is 1.36. The summed E-state index contributed by atoms with van der Waals surface area (Å²) in [5.74, 6) is 0.0283. The number of halogens is 1. The Kier molecular flexibility index (Phi) is 5.27. The highest BCUT2D eigenvalue weighted by molar-refractivity contribution is 9.11. The Morgan fingerprint density at radius 1 is 1.60 bits per heavy atom. The molecule has 1 unspecified atom stereocenters. The molecule has 0 radical (unpaired) electrons. The number of nitrogens with zero attached hydrogens (tertiary/aromatic N) is 2. The number of thiophene rings is 1. The predicted octanol–water partition coefficient (Wildman–Crippen LogP) is 2.90. The lowest BCUT2D eigenvalue weighted by atomic mass is 10.2. The molecule has 108 valence electrons. The molecule has 2 aromatic heterocycles. The maximum atomic E-state index is 11.0. The first-order valence-corrected chi connectivity index (χ1v) is 7.75. The van der Waals surface area contributed by atoms with Crippen LogP contribution >= 0.6 is 27.3 Å². The maximum Gasteiger partial charge on any atom is 0.320 e. The van der Waals surface area contributed by atoms with Gasteiger partial charge in [0.2, 0.25) is 11.7 Å². The van der Waals surface area contributed by atoms with E-state index in [0.29, 0.717) is 18.1 Å². The van der Waals surface area contributed by atoms with Gasteiger partial charge >= 0.3 is 5.97 Å². The van der Waals surface area contributed by atoms with Crippen molar-refractivity contribution in [1.82, 2.24) is 15.5 Å². The fourth-order valence-corrected chi connectivity index (χ4v) is 2.99. The average Bonchev–Trinajstić information content (AvgIpc) is 3.02. The van der Waals surface area contributed by atoms with Crippen molar-refractivity contribution in [3.05, 3.63) is 21.8 Å². The van der Waals surface area contributed by atoms with E-state index in [0.717, 1.165) is 15.1 Å². The molecule has 2 aromatic rings. The quantitative estimate of drug-likeness (QED) is 0.789. The van der Waals surface area contributed by atoms with E-state index in [1.54, 1.807) is 0 Å². The van der Waals surface area contributed by atoms with Gasteiger partial charge in [-0.05, 0) is 34.5 Å². The molecule has 0 aliphatic carbocycles. The molecule has 1 atom stereocenters. The first kappa shape index (κ1) is 15.1. The van der Waals surface area contributed by atoms with E-state index >= 15 is 0 Å². The fraction of sp³-hybridized carbons (Fsp3) is 0.417. The molecular formula is C12H14BrN3O3S. The van der Waals surface area contributed by atoms with Crippen molar-refractivity contribution in [2.45, 2.75) is 32.4 Å². The molecule has 8 heteroatoms. The van der Waals surface area contributed by atoms with E-state index in [4.69, 9.17) is 9.63 Å². The minimum absolute atomic E-state index is 0.247. The summed E-state index contributed by atoms with van der Waals surface area (Å²) in [7, 11) is 0. The van der Waals surface area contributed by atoms with Gasteiger partial charge in [0.05, 0.1) is 15.2 Å². The van der Waals surface area contributed by atoms with Crippen molar-refractivity contribution in [3.63, 3.8) is 0 Å². The Balaban J connectivity index is 1.97. The average molecular weight is 360 g/mol. The van der Waals surface area contributed by atoms with Crippen LogP contribution in [0.3, 0.4) is 0 Å². The molecule has 0 bridgehead atoms. The van der Waals surface area contributed by atoms with Crippen LogP contribution < -0.4 is 5.32 Å². The molecule has 0 saturated heterocycles. The summed E-state index contributed by atoms with van der Waals surface area (Å²) in [6.45, 7) is 2.19. The highest BCUT2D eigenvalue weighted by Crippen LogP contribution is 2.29. The molecule has 2 rings (SSSR count). The van der Waals surface area contributed by atoms with Crippen LogP contribution in [0.4, 0.5) is 0 Å². The second-order valence-corrected chi connectivity index (χ2v) is 6.64. The zero-order valence-electron chi connectivity index (χ0n) is 10.8. The van der Waals surface area contributed by atoms with Crippen LogP contribution in [0.15, 0.2) is 20.4 Å². The lowest BCUT2D eigenvalue weighted by molar-refractivity contribution is -0.139. The first-order valence-electron chi connectivity index (χ1n) is 6.14. The molecule has 2 heterocycles. The Bertz CT molecular complexity index is 584. The Labute approximate surface area is 128 Å². The van der Waals surface area contributed by atoms with Crippen LogP contribution in [0.2, 0.25) is 0 Å². The van der Waals surface area contributed by atoms with Gasteiger partial charge in [-0.15, -0.1) is 11.3 Å². The molecule has 2 N–H and O–H groups in total. The van der Waals surface area contributed by atoms with E-state index in [-0.39, 0.29) is 6.54 Å². The Morgan fingerprint density at radius 2 is 2.40 bits per heavy atom. The topological polar surface area (TPSA) is 88.3 Å². The highest BCUT2D eigenvalue weighted by atomic mass is 79.9. The largest absolute Gasteiger partial charge is 0.480 e. The summed E-state index contributed by atoms with van der Waals surface area (Å²) < 4.78 is 6.10. The molecule has 0 aromatic carbocycles. The van der Waals surface area contributed by atoms with Crippen molar-refractivity contribution in [2.24, 2.45) is 0 Å². The number of carboxylic acids is 1. The zero-order chi connectivity index (χ0) is 14.5. The van der Waals surface area contributed by atoms with E-state index in [9.17, 15) is 4.79 Å². The summed E-state index contributed by atoms with van der Waals surface area (Å²) in [6, 6.07) is 3.22. The molecule has 0 amide bonds. The number of nitrogens with one attached hydrogen (secondary N) is 1. The Morgan fingerprint density at radius 3 is 3.00 bits per heavy atom. The number of hydrogen-bond acceptors (Lipinski definition) is 6. The van der Waals surface area contributed by atoms with Crippen LogP contribution in [0.5, 0.6) is 0 Å². The fourth-order valence-electron chi connectivity index (χ4n) is 1.67. The number of aromatic nitrogens is 2. The van der Waals surface area contributed by atoms with E-state index in [2.05, 4.69) is 31.4 Å². The highest BCUT2D eigenvalue weighted by Gasteiger charge is 2.17. The molecule has 0 saturated carbocycles. The minimum atomic E-state index is -0.867. The van der Waals surface area contributed by atoms with Gasteiger partial charge in [-0.1, -0.05) is 18.5 Å². The van der Waals surface area contributed by atoms with E-state index in [1.165, 1.54) is 11.3 Å². The molecule has 6 nitrogen and oxygen atoms in total. The Hall–Kier alpha value is -1.25. The van der Waals surface area contributed by atoms with Gasteiger partial charge in [0.15, 0.2) is 0 Å². The van der Waals surface area contributed by atoms with Crippen LogP contribution in [-0.4, -0.2) is 27.3 Å². The lowest BCUT2D eigenvalue weighted by Crippen LogP contribution is -2.36. The van der Waals surface area contributed by atoms with Crippen LogP contribution in [0, 0.1) is 0 Å². The van der Waals surface area contributed by atoms with Gasteiger partial charge < -0.3 is 9.63 Å². The second-order valence-electron chi connectivity index (χ2n) is 4.18. The van der Waals surface area contributed by atoms with Crippen molar-refractivity contribution in [3.8, 4) is 10.7 Å². The second kappa shape index (κ2) is 6.96. The summed E-state index contributed by atoms with van der Waals surface area (Å²) in [5.41, 5.74) is 0. The summed E-state index contributed by atoms with van der Waals surface area (Å²) >= 11 is 4.88. The lowest BCUT2D eigenvalue weighted by Gasteiger charge is -2.10. The van der Waals surface area contributed by atoms with Gasteiger partial charge in [0.25, 0.3) is 0 Å². The molecule has 0 aliphatic heterocycles. The molecule has 0 fully saturated rings. The van der Waals surface area contributed by atoms with Crippen molar-refractivity contribution < 1.29 is 14.4 Å². The molecule has 0 aliphatic rings. The van der Waals surface area contributed by atoms with Crippen LogP contribution in [-0.2, 0) is 11.3 Å². The minimum Gasteiger partial charge on any atom is -0.480 e. The van der Waals surface area contributed by atoms with Crippen molar-refractivity contribution >= 4 is 33.2 Å². The van der Waals surface area contributed by atoms with Crippen LogP contribution in [0.25, 0.3) is 10.7 Å². The SMILES string of the molecule is CCCC(NCc1nc(-c2ccc(Br)s2)no1)C(=O)O. The molecule has 0 spiro atoms. The number of hydrogen-bond donors (Lipinski definition) is 2. The van der Waals surface area contributed by atoms with Gasteiger partial charge in [-0.3, -0.25) is 10.1 Å². The third-order valence-corrected chi connectivity index (χ3v) is 4.26. The summed E-state index contributed by atoms with van der Waals surface area (Å²) in [5, 5.41) is 15.8. The van der Waals surface area contributed by atoms with E-state index < -0.39 is 12.0 Å². The smallest absolute Gasteiger partial charge is 0.320 e. The zero-order valence-corrected chi connectivity index (χ0v) is 13.2. The standard InChI is InChI=1S/C12H14BrN3O3S/c1-2-3-7(12(17)18)14-6-10-15-11(16-19-10)8-4-5-9(13)20-8/h4-5,7,14H,2-3,6H2,1H3,(H,17,18). The third kappa shape index (κ3) is 3.87. The van der Waals surface area contributed by atoms with Gasteiger partial charge in [-0.25, -0.2) is 0 Å². The van der Waals surface area contributed by atoms with E-state index in [1.807, 2.05) is 19.1 Å². The van der Waals surface area contributed by atoms with Gasteiger partial charge in [0.1, 0.15) is 6.04 Å². The van der Waals surface area contributed by atoms with Crippen LogP contribution in [0.1, 0.15) is 25.7 Å². The van der Waals surface area contributed by atoms with Gasteiger partial charge in [0, 0.05) is 0 Å². The number of carboxylic acid groups (broad SMARTS) is 1.